The lowest BCUT2D eigenvalue weighted by Crippen LogP contribution is -1.90. The third kappa shape index (κ3) is 2.28. The highest BCUT2D eigenvalue weighted by Crippen LogP contribution is 2.06. The van der Waals surface area contributed by atoms with Crippen LogP contribution >= 0.6 is 12.2 Å². The first-order valence-electron chi connectivity index (χ1n) is 3.95. The van der Waals surface area contributed by atoms with Gasteiger partial charge in [0.2, 0.25) is 0 Å². The molecule has 0 unspecified atom stereocenters. The maximum Gasteiger partial charge on any atom is 0.0193 e. The number of rotatable bonds is 3. The van der Waals surface area contributed by atoms with Crippen molar-refractivity contribution in [1.29, 1.82) is 0 Å². The molecule has 12 heavy (non-hydrogen) atoms. The molecule has 0 fully saturated rings. The smallest absolute Gasteiger partial charge is 0.0193 e. The molecule has 62 valence electrons. The zero-order chi connectivity index (χ0) is 8.97. The van der Waals surface area contributed by atoms with Crippen LogP contribution in [-0.4, -0.2) is 4.86 Å². The van der Waals surface area contributed by atoms with Crippen LogP contribution in [0.4, 0.5) is 0 Å². The fourth-order valence-electron chi connectivity index (χ4n) is 1.04. The summed E-state index contributed by atoms with van der Waals surface area (Å²) in [4.78, 5) is 0.945. The van der Waals surface area contributed by atoms with Gasteiger partial charge in [-0.25, -0.2) is 0 Å². The Bertz CT molecular complexity index is 282. The molecule has 0 aliphatic rings. The van der Waals surface area contributed by atoms with Crippen LogP contribution in [0, 0.1) is 0 Å². The van der Waals surface area contributed by atoms with Crippen LogP contribution < -0.4 is 0 Å². The van der Waals surface area contributed by atoms with E-state index in [1.807, 2.05) is 13.0 Å². The molecule has 0 heterocycles. The summed E-state index contributed by atoms with van der Waals surface area (Å²) in [6.45, 7) is 5.63. The fourth-order valence-corrected chi connectivity index (χ4v) is 1.18. The molecule has 0 N–H and O–H groups in total. The Kier molecular flexibility index (Phi) is 3.18. The van der Waals surface area contributed by atoms with Gasteiger partial charge in [0.15, 0.2) is 0 Å². The van der Waals surface area contributed by atoms with Gasteiger partial charge in [0.25, 0.3) is 0 Å². The highest BCUT2D eigenvalue weighted by molar-refractivity contribution is 7.80. The number of thiocarbonyl (C=S) groups is 1. The van der Waals surface area contributed by atoms with E-state index in [1.165, 1.54) is 5.56 Å². The minimum absolute atomic E-state index is 0.927. The molecule has 1 aromatic carbocycles. The molecule has 0 saturated carbocycles. The summed E-state index contributed by atoms with van der Waals surface area (Å²) in [5.74, 6) is 0. The first-order chi connectivity index (χ1) is 5.74. The van der Waals surface area contributed by atoms with Gasteiger partial charge in [-0.1, -0.05) is 42.6 Å². The van der Waals surface area contributed by atoms with E-state index in [4.69, 9.17) is 12.2 Å². The average molecular weight is 176 g/mol. The largest absolute Gasteiger partial charge is 0.103 e. The van der Waals surface area contributed by atoms with E-state index in [0.29, 0.717) is 0 Å². The van der Waals surface area contributed by atoms with E-state index in [2.05, 4.69) is 30.8 Å². The molecular formula is C11H12S. The molecule has 0 aliphatic heterocycles. The molecule has 0 saturated heterocycles. The van der Waals surface area contributed by atoms with Gasteiger partial charge in [0, 0.05) is 4.86 Å². The summed E-state index contributed by atoms with van der Waals surface area (Å²) < 4.78 is 0. The van der Waals surface area contributed by atoms with E-state index in [9.17, 15) is 0 Å². The summed E-state index contributed by atoms with van der Waals surface area (Å²) in [6, 6.07) is 8.29. The Labute approximate surface area is 78.9 Å². The van der Waals surface area contributed by atoms with Gasteiger partial charge in [-0.15, -0.1) is 6.58 Å². The van der Waals surface area contributed by atoms with Crippen LogP contribution in [0.15, 0.2) is 36.9 Å². The summed E-state index contributed by atoms with van der Waals surface area (Å²) in [5.41, 5.74) is 2.42. The van der Waals surface area contributed by atoms with Crippen LogP contribution in [0.25, 0.3) is 0 Å². The molecule has 0 radical (unpaired) electrons. The summed E-state index contributed by atoms with van der Waals surface area (Å²) in [6.07, 6.45) is 2.83. The number of hydrogen-bond acceptors (Lipinski definition) is 1. The predicted octanol–water partition coefficient (Wildman–Crippen LogP) is 3.15. The van der Waals surface area contributed by atoms with Gasteiger partial charge in [-0.2, -0.15) is 0 Å². The van der Waals surface area contributed by atoms with Gasteiger partial charge in [-0.05, 0) is 24.5 Å². The third-order valence-corrected chi connectivity index (χ3v) is 1.98. The Morgan fingerprint density at radius 3 is 2.42 bits per heavy atom. The zero-order valence-corrected chi connectivity index (χ0v) is 8.03. The third-order valence-electron chi connectivity index (χ3n) is 1.74. The molecular weight excluding hydrogens is 164 g/mol. The van der Waals surface area contributed by atoms with Crippen LogP contribution in [0.3, 0.4) is 0 Å². The monoisotopic (exact) mass is 176 g/mol. The highest BCUT2D eigenvalue weighted by atomic mass is 32.1. The molecule has 0 bridgehead atoms. The van der Waals surface area contributed by atoms with E-state index in [0.717, 1.165) is 16.8 Å². The van der Waals surface area contributed by atoms with E-state index >= 15 is 0 Å². The van der Waals surface area contributed by atoms with Gasteiger partial charge >= 0.3 is 0 Å². The highest BCUT2D eigenvalue weighted by Gasteiger charge is 1.93. The summed E-state index contributed by atoms with van der Waals surface area (Å²) in [7, 11) is 0. The number of benzene rings is 1. The van der Waals surface area contributed by atoms with Crippen molar-refractivity contribution in [1.82, 2.24) is 0 Å². The quantitative estimate of drug-likeness (QED) is 0.387. The first kappa shape index (κ1) is 9.14. The van der Waals surface area contributed by atoms with Crippen LogP contribution in [0.5, 0.6) is 0 Å². The Morgan fingerprint density at radius 1 is 1.42 bits per heavy atom. The molecule has 0 spiro atoms. The molecule has 0 aliphatic carbocycles. The number of hydrogen-bond donors (Lipinski definition) is 0. The van der Waals surface area contributed by atoms with Crippen molar-refractivity contribution in [2.75, 3.05) is 0 Å². The zero-order valence-electron chi connectivity index (χ0n) is 7.21. The molecule has 1 rings (SSSR count). The Hall–Kier alpha value is -0.950. The maximum atomic E-state index is 5.05. The van der Waals surface area contributed by atoms with Crippen molar-refractivity contribution in [3.8, 4) is 0 Å². The van der Waals surface area contributed by atoms with Crippen LogP contribution in [0.1, 0.15) is 18.1 Å². The maximum absolute atomic E-state index is 5.05. The lowest BCUT2D eigenvalue weighted by Gasteiger charge is -1.99. The minimum Gasteiger partial charge on any atom is -0.103 e. The number of allylic oxidation sites excluding steroid dienone is 1. The van der Waals surface area contributed by atoms with E-state index in [-0.39, 0.29) is 0 Å². The molecule has 0 amide bonds. The van der Waals surface area contributed by atoms with E-state index in [1.54, 1.807) is 0 Å². The first-order valence-corrected chi connectivity index (χ1v) is 4.35. The molecule has 0 atom stereocenters. The second-order valence-electron chi connectivity index (χ2n) is 2.75. The van der Waals surface area contributed by atoms with Crippen molar-refractivity contribution < 1.29 is 0 Å². The van der Waals surface area contributed by atoms with Gasteiger partial charge < -0.3 is 0 Å². The topological polar surface area (TPSA) is 0 Å². The molecule has 1 heteroatoms. The Balaban J connectivity index is 2.85. The standard InChI is InChI=1S/C11H12S/c1-3-4-10-5-7-11(8-6-10)9(2)12/h3,5-8H,1,4H2,2H3. The second-order valence-corrected chi connectivity index (χ2v) is 3.36. The average Bonchev–Trinajstić information content (AvgIpc) is 2.06. The van der Waals surface area contributed by atoms with Crippen LogP contribution in [-0.2, 0) is 6.42 Å². The molecule has 0 aromatic heterocycles. The van der Waals surface area contributed by atoms with Crippen molar-refractivity contribution >= 4 is 17.1 Å². The summed E-state index contributed by atoms with van der Waals surface area (Å²) in [5, 5.41) is 0. The van der Waals surface area contributed by atoms with Gasteiger partial charge in [0.1, 0.15) is 0 Å². The normalized spacial score (nSPS) is 9.42. The SMILES string of the molecule is C=CCc1ccc(C(C)=S)cc1. The lowest BCUT2D eigenvalue weighted by atomic mass is 10.1. The van der Waals surface area contributed by atoms with E-state index < -0.39 is 0 Å². The van der Waals surface area contributed by atoms with Crippen molar-refractivity contribution in [2.45, 2.75) is 13.3 Å². The minimum atomic E-state index is 0.927. The lowest BCUT2D eigenvalue weighted by molar-refractivity contribution is 1.28. The van der Waals surface area contributed by atoms with Gasteiger partial charge in [-0.3, -0.25) is 0 Å². The Morgan fingerprint density at radius 2 is 2.00 bits per heavy atom. The summed E-state index contributed by atoms with van der Waals surface area (Å²) >= 11 is 5.05. The fraction of sp³-hybridized carbons (Fsp3) is 0.182. The van der Waals surface area contributed by atoms with Gasteiger partial charge in [0.05, 0.1) is 0 Å². The van der Waals surface area contributed by atoms with Crippen molar-refractivity contribution in [3.05, 3.63) is 48.0 Å². The predicted molar refractivity (Wildman–Crippen MR) is 57.7 cm³/mol. The molecule has 0 nitrogen and oxygen atoms in total. The van der Waals surface area contributed by atoms with Crippen molar-refractivity contribution in [2.24, 2.45) is 0 Å². The van der Waals surface area contributed by atoms with Crippen LogP contribution in [0.2, 0.25) is 0 Å². The second kappa shape index (κ2) is 4.17. The van der Waals surface area contributed by atoms with Crippen molar-refractivity contribution in [3.63, 3.8) is 0 Å². The molecule has 1 aromatic rings.